The van der Waals surface area contributed by atoms with Gasteiger partial charge in [-0.2, -0.15) is 0 Å². The van der Waals surface area contributed by atoms with E-state index in [9.17, 15) is 9.90 Å². The molecule has 7 heteroatoms. The molecule has 2 atom stereocenters. The Labute approximate surface area is 164 Å². The molecule has 3 heterocycles. The van der Waals surface area contributed by atoms with Gasteiger partial charge in [0.25, 0.3) is 5.91 Å². The molecule has 2 aliphatic rings. The number of hydrogen-bond acceptors (Lipinski definition) is 6. The normalized spacial score (nSPS) is 21.4. The predicted molar refractivity (Wildman–Crippen MR) is 108 cm³/mol. The summed E-state index contributed by atoms with van der Waals surface area (Å²) in [6.45, 7) is 3.80. The fourth-order valence-electron chi connectivity index (χ4n) is 4.15. The molecule has 1 aromatic carbocycles. The number of aromatic nitrogens is 1. The van der Waals surface area contributed by atoms with Crippen molar-refractivity contribution < 1.29 is 14.6 Å². The van der Waals surface area contributed by atoms with Crippen molar-refractivity contribution in [3.8, 4) is 5.75 Å². The third kappa shape index (κ3) is 3.21. The Morgan fingerprint density at radius 1 is 1.32 bits per heavy atom. The Kier molecular flexibility index (Phi) is 4.95. The lowest BCUT2D eigenvalue weighted by Crippen LogP contribution is -2.29. The SMILES string of the molecule is CNCc1cc(OC)cc2c1CN(c1cccc(N3C[C@H](O)C[C@@H]3C)n1)C2=O. The fraction of sp³-hybridized carbons (Fsp3) is 0.429. The van der Waals surface area contributed by atoms with Crippen LogP contribution in [0.4, 0.5) is 11.6 Å². The van der Waals surface area contributed by atoms with Crippen LogP contribution in [0.15, 0.2) is 30.3 Å². The van der Waals surface area contributed by atoms with Gasteiger partial charge in [-0.3, -0.25) is 9.69 Å². The minimum atomic E-state index is -0.338. The van der Waals surface area contributed by atoms with Crippen LogP contribution in [-0.2, 0) is 13.1 Å². The number of nitrogens with one attached hydrogen (secondary N) is 1. The van der Waals surface area contributed by atoms with Crippen molar-refractivity contribution in [2.75, 3.05) is 30.5 Å². The number of aliphatic hydroxyl groups is 1. The number of nitrogens with zero attached hydrogens (tertiary/aromatic N) is 3. The topological polar surface area (TPSA) is 77.9 Å². The monoisotopic (exact) mass is 382 g/mol. The number of aliphatic hydroxyl groups excluding tert-OH is 1. The third-order valence-electron chi connectivity index (χ3n) is 5.55. The summed E-state index contributed by atoms with van der Waals surface area (Å²) in [5, 5.41) is 13.1. The number of hydrogen-bond donors (Lipinski definition) is 2. The summed E-state index contributed by atoms with van der Waals surface area (Å²) in [6, 6.07) is 9.71. The van der Waals surface area contributed by atoms with Crippen LogP contribution in [0.2, 0.25) is 0 Å². The lowest BCUT2D eigenvalue weighted by atomic mass is 10.0. The number of β-amino-alcohol motifs (C(OH)–C–C–N with tert-alkyl or cyclic N) is 1. The molecule has 0 aliphatic carbocycles. The third-order valence-corrected chi connectivity index (χ3v) is 5.55. The first-order valence-electron chi connectivity index (χ1n) is 9.59. The van der Waals surface area contributed by atoms with E-state index in [1.807, 2.05) is 31.3 Å². The molecule has 148 valence electrons. The molecule has 1 fully saturated rings. The molecule has 7 nitrogen and oxygen atoms in total. The standard InChI is InChI=1S/C21H26N4O3/c1-13-7-15(26)11-24(13)19-5-4-6-20(23-19)25-12-18-14(10-22-2)8-16(28-3)9-17(18)21(25)27/h4-6,8-9,13,15,22,26H,7,10-12H2,1-3H3/t13-,15+/m0/s1. The smallest absolute Gasteiger partial charge is 0.260 e. The number of carbonyl (C=O) groups is 1. The van der Waals surface area contributed by atoms with Crippen molar-refractivity contribution in [1.29, 1.82) is 0 Å². The van der Waals surface area contributed by atoms with E-state index in [1.165, 1.54) is 0 Å². The molecule has 1 amide bonds. The average molecular weight is 382 g/mol. The maximum atomic E-state index is 13.1. The van der Waals surface area contributed by atoms with E-state index in [2.05, 4.69) is 17.1 Å². The summed E-state index contributed by atoms with van der Waals surface area (Å²) in [5.41, 5.74) is 2.74. The van der Waals surface area contributed by atoms with Gasteiger partial charge in [-0.25, -0.2) is 4.98 Å². The predicted octanol–water partition coefficient (Wildman–Crippen LogP) is 1.93. The number of amides is 1. The van der Waals surface area contributed by atoms with Crippen LogP contribution in [0.25, 0.3) is 0 Å². The number of rotatable bonds is 5. The van der Waals surface area contributed by atoms with Crippen LogP contribution < -0.4 is 19.9 Å². The number of benzene rings is 1. The van der Waals surface area contributed by atoms with E-state index >= 15 is 0 Å². The zero-order valence-electron chi connectivity index (χ0n) is 16.5. The first-order chi connectivity index (χ1) is 13.5. The van der Waals surface area contributed by atoms with Gasteiger partial charge in [0.2, 0.25) is 0 Å². The molecule has 28 heavy (non-hydrogen) atoms. The minimum Gasteiger partial charge on any atom is -0.497 e. The van der Waals surface area contributed by atoms with E-state index < -0.39 is 0 Å². The number of pyridine rings is 1. The van der Waals surface area contributed by atoms with Crippen molar-refractivity contribution in [3.63, 3.8) is 0 Å². The van der Waals surface area contributed by atoms with Crippen LogP contribution in [0.3, 0.4) is 0 Å². The summed E-state index contributed by atoms with van der Waals surface area (Å²) in [7, 11) is 3.50. The molecule has 0 spiro atoms. The quantitative estimate of drug-likeness (QED) is 0.823. The lowest BCUT2D eigenvalue weighted by molar-refractivity contribution is 0.0995. The Bertz CT molecular complexity index is 901. The summed E-state index contributed by atoms with van der Waals surface area (Å²) in [6.07, 6.45) is 0.391. The Morgan fingerprint density at radius 2 is 2.11 bits per heavy atom. The van der Waals surface area contributed by atoms with Crippen LogP contribution in [0.5, 0.6) is 5.75 Å². The van der Waals surface area contributed by atoms with Crippen LogP contribution >= 0.6 is 0 Å². The van der Waals surface area contributed by atoms with E-state index in [4.69, 9.17) is 9.72 Å². The van der Waals surface area contributed by atoms with Gasteiger partial charge >= 0.3 is 0 Å². The van der Waals surface area contributed by atoms with Gasteiger partial charge in [-0.1, -0.05) is 6.07 Å². The van der Waals surface area contributed by atoms with E-state index in [-0.39, 0.29) is 18.1 Å². The summed E-state index contributed by atoms with van der Waals surface area (Å²) >= 11 is 0. The number of carbonyl (C=O) groups excluding carboxylic acids is 1. The second kappa shape index (κ2) is 7.41. The molecule has 1 saturated heterocycles. The Morgan fingerprint density at radius 3 is 2.79 bits per heavy atom. The van der Waals surface area contributed by atoms with Crippen molar-refractivity contribution >= 4 is 17.5 Å². The highest BCUT2D eigenvalue weighted by molar-refractivity contribution is 6.10. The van der Waals surface area contributed by atoms with Crippen molar-refractivity contribution in [2.45, 2.75) is 38.6 Å². The molecule has 2 aliphatic heterocycles. The number of anilines is 2. The van der Waals surface area contributed by atoms with Crippen molar-refractivity contribution in [1.82, 2.24) is 10.3 Å². The Hall–Kier alpha value is -2.64. The van der Waals surface area contributed by atoms with E-state index in [1.54, 1.807) is 18.1 Å². The molecule has 0 radical (unpaired) electrons. The second-order valence-electron chi connectivity index (χ2n) is 7.48. The highest BCUT2D eigenvalue weighted by atomic mass is 16.5. The van der Waals surface area contributed by atoms with Crippen molar-refractivity contribution in [2.24, 2.45) is 0 Å². The molecule has 0 bridgehead atoms. The van der Waals surface area contributed by atoms with Gasteiger partial charge < -0.3 is 20.1 Å². The zero-order valence-corrected chi connectivity index (χ0v) is 16.5. The van der Waals surface area contributed by atoms with Crippen LogP contribution in [0.1, 0.15) is 34.8 Å². The zero-order chi connectivity index (χ0) is 19.8. The first-order valence-corrected chi connectivity index (χ1v) is 9.59. The van der Waals surface area contributed by atoms with Gasteiger partial charge in [0, 0.05) is 24.7 Å². The first kappa shape index (κ1) is 18.7. The van der Waals surface area contributed by atoms with Gasteiger partial charge in [0.1, 0.15) is 17.4 Å². The lowest BCUT2D eigenvalue weighted by Gasteiger charge is -2.24. The molecule has 2 N–H and O–H groups in total. The Balaban J connectivity index is 1.67. The summed E-state index contributed by atoms with van der Waals surface area (Å²) in [4.78, 5) is 21.7. The van der Waals surface area contributed by atoms with Gasteiger partial charge in [0.05, 0.1) is 19.8 Å². The minimum absolute atomic E-state index is 0.0644. The van der Waals surface area contributed by atoms with Gasteiger partial charge in [-0.05, 0) is 55.8 Å². The van der Waals surface area contributed by atoms with Gasteiger partial charge in [0.15, 0.2) is 0 Å². The van der Waals surface area contributed by atoms with Crippen LogP contribution in [0, 0.1) is 0 Å². The molecular formula is C21H26N4O3. The highest BCUT2D eigenvalue weighted by Gasteiger charge is 2.33. The maximum Gasteiger partial charge on any atom is 0.260 e. The van der Waals surface area contributed by atoms with Crippen molar-refractivity contribution in [3.05, 3.63) is 47.0 Å². The van der Waals surface area contributed by atoms with E-state index in [0.29, 0.717) is 36.8 Å². The largest absolute Gasteiger partial charge is 0.497 e. The van der Waals surface area contributed by atoms with Gasteiger partial charge in [-0.15, -0.1) is 0 Å². The molecule has 0 saturated carbocycles. The molecule has 2 aromatic rings. The maximum absolute atomic E-state index is 13.1. The number of methoxy groups -OCH3 is 1. The second-order valence-corrected chi connectivity index (χ2v) is 7.48. The summed E-state index contributed by atoms with van der Waals surface area (Å²) in [5.74, 6) is 2.03. The average Bonchev–Trinajstić information content (AvgIpc) is 3.21. The highest BCUT2D eigenvalue weighted by Crippen LogP contribution is 2.34. The molecule has 1 aromatic heterocycles. The van der Waals surface area contributed by atoms with Crippen LogP contribution in [-0.4, -0.2) is 48.8 Å². The fourth-order valence-corrected chi connectivity index (χ4v) is 4.15. The molecule has 4 rings (SSSR count). The molecule has 0 unspecified atom stereocenters. The summed E-state index contributed by atoms with van der Waals surface area (Å²) < 4.78 is 5.38. The van der Waals surface area contributed by atoms with E-state index in [0.717, 1.165) is 23.4 Å². The number of fused-ring (bicyclic) bond motifs is 1. The number of ether oxygens (including phenoxy) is 1. The molecular weight excluding hydrogens is 356 g/mol.